The minimum atomic E-state index is 0.738. The number of benzene rings is 2. The second-order valence-electron chi connectivity index (χ2n) is 4.73. The van der Waals surface area contributed by atoms with Crippen molar-refractivity contribution in [3.63, 3.8) is 0 Å². The highest BCUT2D eigenvalue weighted by atomic mass is 79.9. The molecule has 1 aromatic heterocycles. The van der Waals surface area contributed by atoms with Crippen LogP contribution in [0.1, 0.15) is 10.6 Å². The molecular formula is C15H14BrN3S. The van der Waals surface area contributed by atoms with Crippen molar-refractivity contribution >= 4 is 54.5 Å². The van der Waals surface area contributed by atoms with Gasteiger partial charge in [0.25, 0.3) is 0 Å². The Morgan fingerprint density at radius 1 is 1.20 bits per heavy atom. The Balaban J connectivity index is 2.00. The predicted molar refractivity (Wildman–Crippen MR) is 90.9 cm³/mol. The first-order valence-corrected chi connectivity index (χ1v) is 7.84. The molecule has 0 atom stereocenters. The number of anilines is 3. The van der Waals surface area contributed by atoms with Gasteiger partial charge < -0.3 is 11.1 Å². The first kappa shape index (κ1) is 13.4. The standard InChI is InChI=1S/C15H14BrN3S/c1-8-5-10(3-4-11(8)16)19-13-7-14-15(6-12(13)17)20-9(2)18-14/h3-7,19H,17H2,1-2H3. The van der Waals surface area contributed by atoms with Crippen molar-refractivity contribution in [2.75, 3.05) is 11.1 Å². The fraction of sp³-hybridized carbons (Fsp3) is 0.133. The molecule has 0 saturated carbocycles. The van der Waals surface area contributed by atoms with E-state index in [1.807, 2.05) is 31.2 Å². The van der Waals surface area contributed by atoms with E-state index in [0.717, 1.165) is 36.8 Å². The lowest BCUT2D eigenvalue weighted by atomic mass is 10.2. The van der Waals surface area contributed by atoms with E-state index >= 15 is 0 Å². The number of aromatic nitrogens is 1. The lowest BCUT2D eigenvalue weighted by Gasteiger charge is -2.10. The van der Waals surface area contributed by atoms with Crippen LogP contribution in [0.4, 0.5) is 17.1 Å². The zero-order valence-electron chi connectivity index (χ0n) is 11.2. The van der Waals surface area contributed by atoms with E-state index in [1.54, 1.807) is 11.3 Å². The Labute approximate surface area is 130 Å². The van der Waals surface area contributed by atoms with Crippen LogP contribution in [-0.2, 0) is 0 Å². The topological polar surface area (TPSA) is 50.9 Å². The lowest BCUT2D eigenvalue weighted by Crippen LogP contribution is -1.96. The summed E-state index contributed by atoms with van der Waals surface area (Å²) in [6.07, 6.45) is 0. The Bertz CT molecular complexity index is 795. The second kappa shape index (κ2) is 5.07. The normalized spacial score (nSPS) is 10.9. The largest absolute Gasteiger partial charge is 0.397 e. The van der Waals surface area contributed by atoms with Gasteiger partial charge in [0.05, 0.1) is 26.6 Å². The van der Waals surface area contributed by atoms with Gasteiger partial charge in [0.1, 0.15) is 0 Å². The van der Waals surface area contributed by atoms with E-state index in [2.05, 4.69) is 39.2 Å². The lowest BCUT2D eigenvalue weighted by molar-refractivity contribution is 1.35. The molecule has 0 aliphatic carbocycles. The summed E-state index contributed by atoms with van der Waals surface area (Å²) in [7, 11) is 0. The first-order valence-electron chi connectivity index (χ1n) is 6.23. The second-order valence-corrected chi connectivity index (χ2v) is 6.82. The van der Waals surface area contributed by atoms with Crippen LogP contribution >= 0.6 is 27.3 Å². The molecule has 1 heterocycles. The van der Waals surface area contributed by atoms with Crippen molar-refractivity contribution in [1.82, 2.24) is 4.98 Å². The van der Waals surface area contributed by atoms with Crippen molar-refractivity contribution in [3.8, 4) is 0 Å². The van der Waals surface area contributed by atoms with E-state index in [-0.39, 0.29) is 0 Å². The van der Waals surface area contributed by atoms with Crippen molar-refractivity contribution in [3.05, 3.63) is 45.4 Å². The van der Waals surface area contributed by atoms with E-state index in [4.69, 9.17) is 5.73 Å². The van der Waals surface area contributed by atoms with Crippen LogP contribution in [0.5, 0.6) is 0 Å². The van der Waals surface area contributed by atoms with Gasteiger partial charge in [-0.3, -0.25) is 0 Å². The molecule has 3 N–H and O–H groups in total. The number of hydrogen-bond acceptors (Lipinski definition) is 4. The molecule has 3 rings (SSSR count). The summed E-state index contributed by atoms with van der Waals surface area (Å²) in [5, 5.41) is 4.41. The molecule has 0 aliphatic heterocycles. The Hall–Kier alpha value is -1.59. The molecule has 3 aromatic rings. The molecule has 2 aromatic carbocycles. The van der Waals surface area contributed by atoms with E-state index in [1.165, 1.54) is 5.56 Å². The number of rotatable bonds is 2. The maximum absolute atomic E-state index is 6.12. The fourth-order valence-electron chi connectivity index (χ4n) is 2.09. The van der Waals surface area contributed by atoms with Gasteiger partial charge in [0.15, 0.2) is 0 Å². The molecule has 0 fully saturated rings. The Morgan fingerprint density at radius 3 is 2.75 bits per heavy atom. The molecule has 0 aliphatic rings. The highest BCUT2D eigenvalue weighted by Crippen LogP contribution is 2.32. The van der Waals surface area contributed by atoms with E-state index in [9.17, 15) is 0 Å². The van der Waals surface area contributed by atoms with Crippen molar-refractivity contribution in [1.29, 1.82) is 0 Å². The van der Waals surface area contributed by atoms with Gasteiger partial charge in [-0.25, -0.2) is 4.98 Å². The summed E-state index contributed by atoms with van der Waals surface area (Å²) < 4.78 is 2.22. The SMILES string of the molecule is Cc1nc2cc(Nc3ccc(Br)c(C)c3)c(N)cc2s1. The van der Waals surface area contributed by atoms with Gasteiger partial charge >= 0.3 is 0 Å². The molecule has 0 unspecified atom stereocenters. The van der Waals surface area contributed by atoms with Crippen LogP contribution in [0.25, 0.3) is 10.2 Å². The number of nitrogens with one attached hydrogen (secondary N) is 1. The molecular weight excluding hydrogens is 334 g/mol. The average Bonchev–Trinajstić information content (AvgIpc) is 2.73. The predicted octanol–water partition coefficient (Wildman–Crippen LogP) is 5.00. The number of halogens is 1. The maximum Gasteiger partial charge on any atom is 0.0907 e. The van der Waals surface area contributed by atoms with E-state index in [0.29, 0.717) is 0 Å². The molecule has 0 amide bonds. The molecule has 0 radical (unpaired) electrons. The number of nitrogen functional groups attached to an aromatic ring is 1. The van der Waals surface area contributed by atoms with Gasteiger partial charge in [0, 0.05) is 10.2 Å². The van der Waals surface area contributed by atoms with Crippen molar-refractivity contribution in [2.24, 2.45) is 0 Å². The quantitative estimate of drug-likeness (QED) is 0.641. The van der Waals surface area contributed by atoms with E-state index < -0.39 is 0 Å². The Kier molecular flexibility index (Phi) is 3.40. The third-order valence-electron chi connectivity index (χ3n) is 3.10. The summed E-state index contributed by atoms with van der Waals surface area (Å²) in [6, 6.07) is 10.1. The highest BCUT2D eigenvalue weighted by molar-refractivity contribution is 9.10. The number of fused-ring (bicyclic) bond motifs is 1. The van der Waals surface area contributed by atoms with Crippen LogP contribution in [0.15, 0.2) is 34.8 Å². The van der Waals surface area contributed by atoms with Gasteiger partial charge in [0.2, 0.25) is 0 Å². The zero-order chi connectivity index (χ0) is 14.3. The summed E-state index contributed by atoms with van der Waals surface area (Å²) in [5.74, 6) is 0. The molecule has 5 heteroatoms. The number of nitrogens with zero attached hydrogens (tertiary/aromatic N) is 1. The van der Waals surface area contributed by atoms with Gasteiger partial charge in [-0.15, -0.1) is 11.3 Å². The van der Waals surface area contributed by atoms with Crippen LogP contribution in [0, 0.1) is 13.8 Å². The minimum Gasteiger partial charge on any atom is -0.397 e. The van der Waals surface area contributed by atoms with Gasteiger partial charge in [-0.1, -0.05) is 15.9 Å². The smallest absolute Gasteiger partial charge is 0.0907 e. The van der Waals surface area contributed by atoms with Crippen molar-refractivity contribution in [2.45, 2.75) is 13.8 Å². The molecule has 102 valence electrons. The van der Waals surface area contributed by atoms with Gasteiger partial charge in [-0.05, 0) is 49.7 Å². The van der Waals surface area contributed by atoms with Crippen LogP contribution < -0.4 is 11.1 Å². The van der Waals surface area contributed by atoms with Crippen LogP contribution in [0.3, 0.4) is 0 Å². The van der Waals surface area contributed by atoms with Gasteiger partial charge in [-0.2, -0.15) is 0 Å². The third kappa shape index (κ3) is 2.51. The number of hydrogen-bond donors (Lipinski definition) is 2. The summed E-state index contributed by atoms with van der Waals surface area (Å²) in [6.45, 7) is 4.07. The summed E-state index contributed by atoms with van der Waals surface area (Å²) >= 11 is 5.16. The summed E-state index contributed by atoms with van der Waals surface area (Å²) in [5.41, 5.74) is 10.9. The highest BCUT2D eigenvalue weighted by Gasteiger charge is 2.07. The number of nitrogens with two attached hydrogens (primary N) is 1. The minimum absolute atomic E-state index is 0.738. The molecule has 0 saturated heterocycles. The summed E-state index contributed by atoms with van der Waals surface area (Å²) in [4.78, 5) is 4.50. The first-order chi connectivity index (χ1) is 9.52. The monoisotopic (exact) mass is 347 g/mol. The fourth-order valence-corrected chi connectivity index (χ4v) is 3.19. The van der Waals surface area contributed by atoms with Crippen LogP contribution in [0.2, 0.25) is 0 Å². The maximum atomic E-state index is 6.12. The zero-order valence-corrected chi connectivity index (χ0v) is 13.6. The number of aryl methyl sites for hydroxylation is 2. The Morgan fingerprint density at radius 2 is 2.00 bits per heavy atom. The van der Waals surface area contributed by atoms with Crippen LogP contribution in [-0.4, -0.2) is 4.98 Å². The average molecular weight is 348 g/mol. The molecule has 0 bridgehead atoms. The molecule has 0 spiro atoms. The number of thiazole rings is 1. The third-order valence-corrected chi connectivity index (χ3v) is 4.93. The van der Waals surface area contributed by atoms with Crippen molar-refractivity contribution < 1.29 is 0 Å². The molecule has 20 heavy (non-hydrogen) atoms. The molecule has 3 nitrogen and oxygen atoms in total.